The minimum Gasteiger partial charge on any atom is -0.481 e. The maximum atomic E-state index is 9.00. The highest BCUT2D eigenvalue weighted by Gasteiger charge is 2.04. The van der Waals surface area contributed by atoms with Crippen molar-refractivity contribution in [1.29, 1.82) is 0 Å². The third-order valence-electron chi connectivity index (χ3n) is 1.97. The molecule has 18 heavy (non-hydrogen) atoms. The molecule has 0 aliphatic carbocycles. The van der Waals surface area contributed by atoms with E-state index in [0.717, 1.165) is 26.4 Å². The number of carboxylic acid groups (broad SMARTS) is 1. The minimum absolute atomic E-state index is 0.675. The Morgan fingerprint density at radius 2 is 1.50 bits per heavy atom. The van der Waals surface area contributed by atoms with Crippen LogP contribution in [0.5, 0.6) is 0 Å². The summed E-state index contributed by atoms with van der Waals surface area (Å²) in [6.45, 7) is 10.1. The van der Waals surface area contributed by atoms with Gasteiger partial charge in [-0.25, -0.2) is 4.89 Å². The molecule has 0 saturated heterocycles. The predicted octanol–water partition coefficient (Wildman–Crippen LogP) is 3.25. The van der Waals surface area contributed by atoms with Crippen LogP contribution in [-0.2, 0) is 14.7 Å². The molecule has 0 amide bonds. The fraction of sp³-hybridized carbons (Fsp3) is 0.923. The van der Waals surface area contributed by atoms with Gasteiger partial charge in [-0.2, -0.15) is 5.06 Å². The fourth-order valence-electron chi connectivity index (χ4n) is 1.05. The van der Waals surface area contributed by atoms with Crippen molar-refractivity contribution in [2.45, 2.75) is 59.8 Å². The summed E-state index contributed by atoms with van der Waals surface area (Å²) in [7, 11) is 0. The second kappa shape index (κ2) is 16.4. The maximum Gasteiger partial charge on any atom is 0.300 e. The zero-order valence-corrected chi connectivity index (χ0v) is 12.3. The average Bonchev–Trinajstić information content (AvgIpc) is 2.31. The van der Waals surface area contributed by atoms with Crippen LogP contribution >= 0.6 is 0 Å². The summed E-state index contributed by atoms with van der Waals surface area (Å²) in [4.78, 5) is 19.3. The van der Waals surface area contributed by atoms with Crippen LogP contribution in [0.25, 0.3) is 0 Å². The van der Waals surface area contributed by atoms with Crippen LogP contribution in [-0.4, -0.2) is 35.8 Å². The van der Waals surface area contributed by atoms with E-state index in [1.165, 1.54) is 25.7 Å². The number of unbranched alkanes of at least 4 members (excludes halogenated alkanes) is 2. The van der Waals surface area contributed by atoms with Crippen molar-refractivity contribution in [1.82, 2.24) is 5.06 Å². The van der Waals surface area contributed by atoms with Crippen LogP contribution in [0.3, 0.4) is 0 Å². The minimum atomic E-state index is -0.833. The molecule has 0 radical (unpaired) electrons. The molecule has 5 heteroatoms. The number of hydrogen-bond donors (Lipinski definition) is 1. The normalized spacial score (nSPS) is 10.1. The molecule has 0 unspecified atom stereocenters. The molecule has 0 aliphatic rings. The van der Waals surface area contributed by atoms with Gasteiger partial charge >= 0.3 is 0 Å². The lowest BCUT2D eigenvalue weighted by atomic mass is 10.3. The van der Waals surface area contributed by atoms with Crippen molar-refractivity contribution < 1.29 is 19.8 Å². The average molecular weight is 263 g/mol. The van der Waals surface area contributed by atoms with Crippen molar-refractivity contribution in [3.63, 3.8) is 0 Å². The molecule has 0 aromatic rings. The Labute approximate surface area is 111 Å². The van der Waals surface area contributed by atoms with Crippen LogP contribution < -0.4 is 0 Å². The van der Waals surface area contributed by atoms with E-state index < -0.39 is 5.97 Å². The number of hydrogen-bond acceptors (Lipinski definition) is 4. The van der Waals surface area contributed by atoms with Crippen LogP contribution in [0.1, 0.15) is 59.8 Å². The highest BCUT2D eigenvalue weighted by atomic mass is 17.3. The van der Waals surface area contributed by atoms with Gasteiger partial charge in [0.2, 0.25) is 0 Å². The van der Waals surface area contributed by atoms with Gasteiger partial charge in [0.1, 0.15) is 0 Å². The largest absolute Gasteiger partial charge is 0.481 e. The van der Waals surface area contributed by atoms with E-state index in [9.17, 15) is 0 Å². The Bertz CT molecular complexity index is 164. The quantitative estimate of drug-likeness (QED) is 0.372. The topological polar surface area (TPSA) is 59.0 Å². The Morgan fingerprint density at radius 3 is 1.83 bits per heavy atom. The zero-order valence-electron chi connectivity index (χ0n) is 12.3. The van der Waals surface area contributed by atoms with Gasteiger partial charge in [-0.15, -0.1) is 4.99 Å². The molecular weight excluding hydrogens is 234 g/mol. The molecule has 1 N–H and O–H groups in total. The van der Waals surface area contributed by atoms with E-state index >= 15 is 0 Å². The smallest absolute Gasteiger partial charge is 0.300 e. The summed E-state index contributed by atoms with van der Waals surface area (Å²) in [5.74, 6) is -0.833. The SMILES string of the molecule is CC(=O)O.CCCCN(CCCC)OOCCC. The fourth-order valence-corrected chi connectivity index (χ4v) is 1.05. The molecule has 0 heterocycles. The highest BCUT2D eigenvalue weighted by molar-refractivity contribution is 5.62. The summed E-state index contributed by atoms with van der Waals surface area (Å²) >= 11 is 0. The van der Waals surface area contributed by atoms with Gasteiger partial charge in [0, 0.05) is 20.0 Å². The zero-order chi connectivity index (χ0) is 14.2. The third kappa shape index (κ3) is 20.7. The highest BCUT2D eigenvalue weighted by Crippen LogP contribution is 2.00. The Kier molecular flexibility index (Phi) is 17.9. The number of nitrogens with zero attached hydrogens (tertiary/aromatic N) is 1. The predicted molar refractivity (Wildman–Crippen MR) is 72.0 cm³/mol. The first-order chi connectivity index (χ1) is 8.58. The molecule has 110 valence electrons. The Balaban J connectivity index is 0. The lowest BCUT2D eigenvalue weighted by Crippen LogP contribution is -2.26. The number of carboxylic acids is 1. The van der Waals surface area contributed by atoms with Crippen LogP contribution in [0.2, 0.25) is 0 Å². The summed E-state index contributed by atoms with van der Waals surface area (Å²) in [6, 6.07) is 0. The van der Waals surface area contributed by atoms with Crippen LogP contribution in [0.15, 0.2) is 0 Å². The van der Waals surface area contributed by atoms with Crippen molar-refractivity contribution in [2.75, 3.05) is 19.7 Å². The molecule has 0 bridgehead atoms. The summed E-state index contributed by atoms with van der Waals surface area (Å²) in [6.07, 6.45) is 5.72. The van der Waals surface area contributed by atoms with E-state index in [4.69, 9.17) is 19.8 Å². The van der Waals surface area contributed by atoms with E-state index in [1.54, 1.807) is 0 Å². The molecular formula is C13H29NO4. The van der Waals surface area contributed by atoms with Gasteiger partial charge in [-0.1, -0.05) is 33.6 Å². The second-order valence-electron chi connectivity index (χ2n) is 4.05. The first kappa shape index (κ1) is 19.7. The molecule has 0 rings (SSSR count). The molecule has 0 atom stereocenters. The summed E-state index contributed by atoms with van der Waals surface area (Å²) in [5, 5.41) is 9.35. The maximum absolute atomic E-state index is 9.00. The van der Waals surface area contributed by atoms with Crippen molar-refractivity contribution in [2.24, 2.45) is 0 Å². The molecule has 0 aliphatic heterocycles. The van der Waals surface area contributed by atoms with Gasteiger partial charge < -0.3 is 5.11 Å². The van der Waals surface area contributed by atoms with Crippen molar-refractivity contribution in [3.05, 3.63) is 0 Å². The lowest BCUT2D eigenvalue weighted by molar-refractivity contribution is -0.426. The van der Waals surface area contributed by atoms with Gasteiger partial charge in [0.05, 0.1) is 6.61 Å². The lowest BCUT2D eigenvalue weighted by Gasteiger charge is -2.19. The number of hydroxylamine groups is 2. The van der Waals surface area contributed by atoms with E-state index in [1.807, 2.05) is 5.06 Å². The monoisotopic (exact) mass is 263 g/mol. The molecule has 5 nitrogen and oxygen atoms in total. The second-order valence-corrected chi connectivity index (χ2v) is 4.05. The summed E-state index contributed by atoms with van der Waals surface area (Å²) < 4.78 is 0. The van der Waals surface area contributed by atoms with E-state index in [0.29, 0.717) is 6.61 Å². The van der Waals surface area contributed by atoms with Gasteiger partial charge in [-0.05, 0) is 19.3 Å². The van der Waals surface area contributed by atoms with Crippen LogP contribution in [0.4, 0.5) is 0 Å². The Morgan fingerprint density at radius 1 is 1.06 bits per heavy atom. The van der Waals surface area contributed by atoms with Crippen LogP contribution in [0, 0.1) is 0 Å². The molecule has 0 aromatic heterocycles. The standard InChI is InChI=1S/C11H25NO2.C2H4O2/c1-4-7-9-12(10-8-5-2)14-13-11-6-3;1-2(3)4/h4-11H2,1-3H3;1H3,(H,3,4). The van der Waals surface area contributed by atoms with Gasteiger partial charge in [-0.3, -0.25) is 4.79 Å². The van der Waals surface area contributed by atoms with Gasteiger partial charge in [0.15, 0.2) is 0 Å². The first-order valence-electron chi connectivity index (χ1n) is 6.82. The Hall–Kier alpha value is -0.650. The molecule has 0 fully saturated rings. The molecule has 0 aromatic carbocycles. The number of aliphatic carboxylic acids is 1. The van der Waals surface area contributed by atoms with Crippen molar-refractivity contribution in [3.8, 4) is 0 Å². The first-order valence-corrected chi connectivity index (χ1v) is 6.82. The number of rotatable bonds is 10. The van der Waals surface area contributed by atoms with E-state index in [-0.39, 0.29) is 0 Å². The number of carbonyl (C=O) groups is 1. The van der Waals surface area contributed by atoms with Gasteiger partial charge in [0.25, 0.3) is 5.97 Å². The van der Waals surface area contributed by atoms with Crippen molar-refractivity contribution >= 4 is 5.97 Å². The molecule has 0 saturated carbocycles. The third-order valence-corrected chi connectivity index (χ3v) is 1.97. The molecule has 0 spiro atoms. The summed E-state index contributed by atoms with van der Waals surface area (Å²) in [5.41, 5.74) is 0. The van der Waals surface area contributed by atoms with E-state index in [2.05, 4.69) is 20.8 Å².